The molecule has 1 rings (SSSR count). The highest BCUT2D eigenvalue weighted by atomic mass is 19.3. The molecule has 0 saturated heterocycles. The number of aromatic nitrogens is 1. The zero-order valence-corrected chi connectivity index (χ0v) is 10.3. The van der Waals surface area contributed by atoms with Crippen LogP contribution in [0.1, 0.15) is 30.2 Å². The summed E-state index contributed by atoms with van der Waals surface area (Å²) in [4.78, 5) is 24.4. The largest absolute Gasteiger partial charge is 0.466 e. The van der Waals surface area contributed by atoms with E-state index in [1.165, 1.54) is 6.92 Å². The SMILES string of the molecule is CCOC(=O)Cc1c(C#N)cnc(C(F)F)c1[N+](=O)[O-]. The normalized spacial score (nSPS) is 10.2. The van der Waals surface area contributed by atoms with Crippen molar-refractivity contribution >= 4 is 11.7 Å². The van der Waals surface area contributed by atoms with Crippen molar-refractivity contribution in [1.82, 2.24) is 4.98 Å². The first kappa shape index (κ1) is 15.4. The first-order chi connectivity index (χ1) is 9.42. The van der Waals surface area contributed by atoms with Gasteiger partial charge in [-0.05, 0) is 6.92 Å². The number of hydrogen-bond donors (Lipinski definition) is 0. The Morgan fingerprint density at radius 1 is 1.65 bits per heavy atom. The maximum absolute atomic E-state index is 12.7. The van der Waals surface area contributed by atoms with Crippen molar-refractivity contribution in [2.24, 2.45) is 0 Å². The van der Waals surface area contributed by atoms with E-state index in [0.29, 0.717) is 0 Å². The lowest BCUT2D eigenvalue weighted by Crippen LogP contribution is -2.13. The summed E-state index contributed by atoms with van der Waals surface area (Å²) in [5.74, 6) is -0.849. The monoisotopic (exact) mass is 285 g/mol. The van der Waals surface area contributed by atoms with Gasteiger partial charge in [0.1, 0.15) is 6.07 Å². The zero-order chi connectivity index (χ0) is 15.3. The van der Waals surface area contributed by atoms with Gasteiger partial charge in [0.2, 0.25) is 0 Å². The summed E-state index contributed by atoms with van der Waals surface area (Å²) in [5.41, 5.74) is -2.82. The molecule has 0 radical (unpaired) electrons. The molecule has 0 amide bonds. The molecule has 0 bridgehead atoms. The van der Waals surface area contributed by atoms with E-state index in [0.717, 1.165) is 6.20 Å². The molecule has 0 spiro atoms. The quantitative estimate of drug-likeness (QED) is 0.464. The average molecular weight is 285 g/mol. The topological polar surface area (TPSA) is 106 Å². The number of nitriles is 1. The number of carbonyl (C=O) groups excluding carboxylic acids is 1. The third kappa shape index (κ3) is 3.23. The van der Waals surface area contributed by atoms with Crippen LogP contribution >= 0.6 is 0 Å². The summed E-state index contributed by atoms with van der Waals surface area (Å²) in [6, 6.07) is 1.58. The molecule has 20 heavy (non-hydrogen) atoms. The van der Waals surface area contributed by atoms with Gasteiger partial charge in [0.05, 0.1) is 29.1 Å². The number of pyridine rings is 1. The van der Waals surface area contributed by atoms with E-state index in [9.17, 15) is 23.7 Å². The van der Waals surface area contributed by atoms with Crippen LogP contribution in [0.15, 0.2) is 6.20 Å². The minimum Gasteiger partial charge on any atom is -0.466 e. The van der Waals surface area contributed by atoms with Crippen molar-refractivity contribution in [3.05, 3.63) is 33.1 Å². The molecule has 0 N–H and O–H groups in total. The predicted octanol–water partition coefficient (Wildman–Crippen LogP) is 1.90. The Labute approximate surface area is 111 Å². The minimum absolute atomic E-state index is 0.0291. The lowest BCUT2D eigenvalue weighted by atomic mass is 10.0. The summed E-state index contributed by atoms with van der Waals surface area (Å²) in [5, 5.41) is 19.8. The van der Waals surface area contributed by atoms with Gasteiger partial charge in [0.15, 0.2) is 5.69 Å². The smallest absolute Gasteiger partial charge is 0.310 e. The van der Waals surface area contributed by atoms with Gasteiger partial charge in [-0.3, -0.25) is 14.9 Å². The van der Waals surface area contributed by atoms with Crippen molar-refractivity contribution in [2.45, 2.75) is 19.8 Å². The Kier molecular flexibility index (Phi) is 5.02. The molecule has 1 aromatic heterocycles. The van der Waals surface area contributed by atoms with E-state index >= 15 is 0 Å². The Hall–Kier alpha value is -2.63. The van der Waals surface area contributed by atoms with E-state index < -0.39 is 40.7 Å². The van der Waals surface area contributed by atoms with Crippen LogP contribution in [-0.4, -0.2) is 22.5 Å². The van der Waals surface area contributed by atoms with Crippen LogP contribution in [0.2, 0.25) is 0 Å². The van der Waals surface area contributed by atoms with Gasteiger partial charge in [-0.1, -0.05) is 0 Å². The third-order valence-electron chi connectivity index (χ3n) is 2.32. The second kappa shape index (κ2) is 6.51. The molecule has 7 nitrogen and oxygen atoms in total. The summed E-state index contributed by atoms with van der Waals surface area (Å²) in [6.07, 6.45) is -3.05. The van der Waals surface area contributed by atoms with Gasteiger partial charge in [-0.15, -0.1) is 0 Å². The molecule has 9 heteroatoms. The number of nitro groups is 1. The first-order valence-corrected chi connectivity index (χ1v) is 5.42. The Balaban J connectivity index is 3.44. The van der Waals surface area contributed by atoms with Crippen LogP contribution in [0.25, 0.3) is 0 Å². The average Bonchev–Trinajstić information content (AvgIpc) is 2.37. The van der Waals surface area contributed by atoms with E-state index in [4.69, 9.17) is 5.26 Å². The molecule has 0 unspecified atom stereocenters. The van der Waals surface area contributed by atoms with Gasteiger partial charge in [0.25, 0.3) is 6.43 Å². The van der Waals surface area contributed by atoms with Gasteiger partial charge < -0.3 is 4.74 Å². The Bertz CT molecular complexity index is 584. The molecule has 0 aliphatic carbocycles. The van der Waals surface area contributed by atoms with Crippen LogP contribution in [0.3, 0.4) is 0 Å². The van der Waals surface area contributed by atoms with Crippen molar-refractivity contribution in [3.63, 3.8) is 0 Å². The number of nitrogens with zero attached hydrogens (tertiary/aromatic N) is 3. The summed E-state index contributed by atoms with van der Waals surface area (Å²) >= 11 is 0. The maximum Gasteiger partial charge on any atom is 0.310 e. The number of rotatable bonds is 5. The molecule has 0 aromatic carbocycles. The van der Waals surface area contributed by atoms with E-state index in [2.05, 4.69) is 9.72 Å². The van der Waals surface area contributed by atoms with Gasteiger partial charge >= 0.3 is 11.7 Å². The Morgan fingerprint density at radius 2 is 2.30 bits per heavy atom. The molecular formula is C11H9F2N3O4. The maximum atomic E-state index is 12.7. The molecular weight excluding hydrogens is 276 g/mol. The molecule has 0 aliphatic rings. The number of esters is 1. The summed E-state index contributed by atoms with van der Waals surface area (Å²) in [7, 11) is 0. The number of ether oxygens (including phenoxy) is 1. The molecule has 106 valence electrons. The van der Waals surface area contributed by atoms with E-state index in [-0.39, 0.29) is 12.2 Å². The van der Waals surface area contributed by atoms with Gasteiger partial charge in [-0.25, -0.2) is 13.8 Å². The highest BCUT2D eigenvalue weighted by molar-refractivity contribution is 5.76. The lowest BCUT2D eigenvalue weighted by Gasteiger charge is -2.08. The second-order valence-corrected chi connectivity index (χ2v) is 3.54. The molecule has 0 saturated carbocycles. The van der Waals surface area contributed by atoms with Crippen molar-refractivity contribution in [3.8, 4) is 6.07 Å². The highest BCUT2D eigenvalue weighted by Crippen LogP contribution is 2.32. The highest BCUT2D eigenvalue weighted by Gasteiger charge is 2.31. The molecule has 1 heterocycles. The van der Waals surface area contributed by atoms with Crippen LogP contribution in [0.4, 0.5) is 14.5 Å². The molecule has 0 aliphatic heterocycles. The predicted molar refractivity (Wildman–Crippen MR) is 60.9 cm³/mol. The second-order valence-electron chi connectivity index (χ2n) is 3.54. The zero-order valence-electron chi connectivity index (χ0n) is 10.3. The standard InChI is InChI=1S/C11H9F2N3O4/c1-2-20-8(17)3-7-6(4-14)5-15-9(11(12)13)10(7)16(18)19/h5,11H,2-3H2,1H3. The van der Waals surface area contributed by atoms with E-state index in [1.807, 2.05) is 0 Å². The fourth-order valence-corrected chi connectivity index (χ4v) is 1.55. The van der Waals surface area contributed by atoms with Crippen LogP contribution in [0.5, 0.6) is 0 Å². The van der Waals surface area contributed by atoms with E-state index in [1.54, 1.807) is 6.07 Å². The van der Waals surface area contributed by atoms with Crippen LogP contribution in [0, 0.1) is 21.4 Å². The number of hydrogen-bond acceptors (Lipinski definition) is 6. The lowest BCUT2D eigenvalue weighted by molar-refractivity contribution is -0.387. The summed E-state index contributed by atoms with van der Waals surface area (Å²) < 4.78 is 30.0. The Morgan fingerprint density at radius 3 is 2.75 bits per heavy atom. The number of halogens is 2. The summed E-state index contributed by atoms with van der Waals surface area (Å²) in [6.45, 7) is 1.55. The van der Waals surface area contributed by atoms with Crippen molar-refractivity contribution < 1.29 is 23.2 Å². The van der Waals surface area contributed by atoms with Crippen molar-refractivity contribution in [2.75, 3.05) is 6.61 Å². The third-order valence-corrected chi connectivity index (χ3v) is 2.32. The molecule has 0 atom stereocenters. The first-order valence-electron chi connectivity index (χ1n) is 5.42. The number of carbonyl (C=O) groups is 1. The molecule has 0 fully saturated rings. The molecule has 1 aromatic rings. The number of alkyl halides is 2. The van der Waals surface area contributed by atoms with Gasteiger partial charge in [-0.2, -0.15) is 5.26 Å². The fourth-order valence-electron chi connectivity index (χ4n) is 1.55. The van der Waals surface area contributed by atoms with Crippen molar-refractivity contribution in [1.29, 1.82) is 5.26 Å². The van der Waals surface area contributed by atoms with Gasteiger partial charge in [0, 0.05) is 6.20 Å². The van der Waals surface area contributed by atoms with Crippen LogP contribution < -0.4 is 0 Å². The fraction of sp³-hybridized carbons (Fsp3) is 0.364. The minimum atomic E-state index is -3.19. The van der Waals surface area contributed by atoms with Crippen LogP contribution in [-0.2, 0) is 16.0 Å².